The predicted octanol–water partition coefficient (Wildman–Crippen LogP) is 2.57. The fourth-order valence-corrected chi connectivity index (χ4v) is 3.42. The predicted molar refractivity (Wildman–Crippen MR) is 132 cm³/mol. The molecular formula is C24H30N4O4S. The summed E-state index contributed by atoms with van der Waals surface area (Å²) in [5, 5.41) is 7.88. The van der Waals surface area contributed by atoms with Crippen LogP contribution >= 0.6 is 12.2 Å². The summed E-state index contributed by atoms with van der Waals surface area (Å²) in [7, 11) is 1.36. The van der Waals surface area contributed by atoms with Crippen molar-refractivity contribution in [2.75, 3.05) is 46.5 Å². The van der Waals surface area contributed by atoms with Crippen LogP contribution in [-0.4, -0.2) is 68.7 Å². The number of hydrazone groups is 1. The van der Waals surface area contributed by atoms with E-state index in [1.165, 1.54) is 7.11 Å². The molecule has 2 aromatic carbocycles. The van der Waals surface area contributed by atoms with Crippen LogP contribution < -0.4 is 15.5 Å². The number of nitrogens with zero attached hydrogens (tertiary/aromatic N) is 2. The maximum atomic E-state index is 11.5. The van der Waals surface area contributed by atoms with Gasteiger partial charge in [-0.1, -0.05) is 24.3 Å². The van der Waals surface area contributed by atoms with Crippen LogP contribution in [0.25, 0.3) is 0 Å². The van der Waals surface area contributed by atoms with Crippen molar-refractivity contribution in [2.45, 2.75) is 13.0 Å². The van der Waals surface area contributed by atoms with Gasteiger partial charge in [0.05, 0.1) is 32.1 Å². The summed E-state index contributed by atoms with van der Waals surface area (Å²) >= 11 is 5.29. The minimum atomic E-state index is -0.360. The SMILES string of the molecule is COC(=O)c1ccc(COc2ccccc2/C=N/NC(=S)NCCCN2CCOCC2)cc1. The summed E-state index contributed by atoms with van der Waals surface area (Å²) in [4.78, 5) is 13.9. The van der Waals surface area contributed by atoms with Gasteiger partial charge in [0.15, 0.2) is 5.11 Å². The normalized spacial score (nSPS) is 14.1. The summed E-state index contributed by atoms with van der Waals surface area (Å²) in [6.45, 7) is 5.79. The second-order valence-corrected chi connectivity index (χ2v) is 7.86. The van der Waals surface area contributed by atoms with E-state index in [0.717, 1.165) is 56.9 Å². The smallest absolute Gasteiger partial charge is 0.337 e. The lowest BCUT2D eigenvalue weighted by molar-refractivity contribution is 0.0376. The number of para-hydroxylation sites is 1. The Kier molecular flexibility index (Phi) is 10.1. The number of nitrogens with one attached hydrogen (secondary N) is 2. The zero-order valence-corrected chi connectivity index (χ0v) is 19.6. The molecule has 1 heterocycles. The van der Waals surface area contributed by atoms with Crippen molar-refractivity contribution >= 4 is 29.5 Å². The molecule has 8 nitrogen and oxygen atoms in total. The number of esters is 1. The number of carbonyl (C=O) groups excluding carboxylic acids is 1. The Bertz CT molecular complexity index is 930. The molecule has 2 N–H and O–H groups in total. The number of rotatable bonds is 10. The molecule has 1 fully saturated rings. The molecule has 176 valence electrons. The summed E-state index contributed by atoms with van der Waals surface area (Å²) in [5.74, 6) is 0.338. The fraction of sp³-hybridized carbons (Fsp3) is 0.375. The topological polar surface area (TPSA) is 84.4 Å². The Morgan fingerprint density at radius 2 is 1.94 bits per heavy atom. The summed E-state index contributed by atoms with van der Waals surface area (Å²) < 4.78 is 16.0. The van der Waals surface area contributed by atoms with E-state index >= 15 is 0 Å². The fourth-order valence-electron chi connectivity index (χ4n) is 3.26. The van der Waals surface area contributed by atoms with Gasteiger partial charge in [0, 0.05) is 25.2 Å². The highest BCUT2D eigenvalue weighted by atomic mass is 32.1. The third kappa shape index (κ3) is 8.45. The zero-order chi connectivity index (χ0) is 23.3. The van der Waals surface area contributed by atoms with Gasteiger partial charge < -0.3 is 19.5 Å². The molecule has 33 heavy (non-hydrogen) atoms. The molecule has 0 aliphatic carbocycles. The number of methoxy groups -OCH3 is 1. The first-order valence-electron chi connectivity index (χ1n) is 10.9. The highest BCUT2D eigenvalue weighted by Gasteiger charge is 2.09. The molecule has 0 spiro atoms. The van der Waals surface area contributed by atoms with E-state index in [9.17, 15) is 4.79 Å². The molecule has 0 saturated carbocycles. The minimum Gasteiger partial charge on any atom is -0.488 e. The molecule has 1 aliphatic rings. The molecule has 0 unspecified atom stereocenters. The Balaban J connectivity index is 1.41. The van der Waals surface area contributed by atoms with Gasteiger partial charge in [0.1, 0.15) is 12.4 Å². The van der Waals surface area contributed by atoms with Crippen LogP contribution in [0.5, 0.6) is 5.75 Å². The maximum absolute atomic E-state index is 11.5. The van der Waals surface area contributed by atoms with Crippen LogP contribution in [0, 0.1) is 0 Å². The van der Waals surface area contributed by atoms with E-state index in [1.807, 2.05) is 36.4 Å². The van der Waals surface area contributed by atoms with E-state index in [2.05, 4.69) is 20.7 Å². The lowest BCUT2D eigenvalue weighted by Gasteiger charge is -2.26. The Labute approximate surface area is 199 Å². The van der Waals surface area contributed by atoms with Crippen LogP contribution in [-0.2, 0) is 16.1 Å². The van der Waals surface area contributed by atoms with Gasteiger partial charge in [-0.2, -0.15) is 5.10 Å². The van der Waals surface area contributed by atoms with E-state index in [4.69, 9.17) is 26.4 Å². The van der Waals surface area contributed by atoms with Gasteiger partial charge in [0.2, 0.25) is 0 Å². The van der Waals surface area contributed by atoms with Crippen molar-refractivity contribution in [2.24, 2.45) is 5.10 Å². The van der Waals surface area contributed by atoms with Gasteiger partial charge in [-0.25, -0.2) is 4.79 Å². The first kappa shape index (κ1) is 24.6. The number of thiocarbonyl (C=S) groups is 1. The molecule has 3 rings (SSSR count). The standard InChI is InChI=1S/C24H30N4O4S/c1-30-23(29)20-9-7-19(8-10-20)18-32-22-6-3-2-5-21(22)17-26-27-24(33)25-11-4-12-28-13-15-31-16-14-28/h2-3,5-10,17H,4,11-16,18H2,1H3,(H2,25,27,33)/b26-17+. The first-order valence-corrected chi connectivity index (χ1v) is 11.3. The molecule has 0 radical (unpaired) electrons. The number of ether oxygens (including phenoxy) is 3. The van der Waals surface area contributed by atoms with Crippen molar-refractivity contribution < 1.29 is 19.0 Å². The molecule has 0 bridgehead atoms. The van der Waals surface area contributed by atoms with Gasteiger partial charge in [-0.05, 0) is 55.0 Å². The van der Waals surface area contributed by atoms with E-state index in [0.29, 0.717) is 23.0 Å². The maximum Gasteiger partial charge on any atom is 0.337 e. The third-order valence-electron chi connectivity index (χ3n) is 5.10. The molecule has 0 atom stereocenters. The Hall–Kier alpha value is -3.01. The highest BCUT2D eigenvalue weighted by molar-refractivity contribution is 7.80. The van der Waals surface area contributed by atoms with Gasteiger partial charge in [-0.3, -0.25) is 10.3 Å². The Morgan fingerprint density at radius 1 is 1.18 bits per heavy atom. The van der Waals surface area contributed by atoms with Crippen LogP contribution in [0.4, 0.5) is 0 Å². The van der Waals surface area contributed by atoms with E-state index < -0.39 is 0 Å². The molecule has 9 heteroatoms. The van der Waals surface area contributed by atoms with Gasteiger partial charge in [0.25, 0.3) is 0 Å². The van der Waals surface area contributed by atoms with Crippen molar-refractivity contribution in [1.82, 2.24) is 15.6 Å². The number of hydrogen-bond donors (Lipinski definition) is 2. The highest BCUT2D eigenvalue weighted by Crippen LogP contribution is 2.18. The Morgan fingerprint density at radius 3 is 2.70 bits per heavy atom. The van der Waals surface area contributed by atoms with Crippen LogP contribution in [0.3, 0.4) is 0 Å². The van der Waals surface area contributed by atoms with Crippen molar-refractivity contribution in [3.05, 3.63) is 65.2 Å². The van der Waals surface area contributed by atoms with Gasteiger partial charge in [-0.15, -0.1) is 0 Å². The number of hydrogen-bond acceptors (Lipinski definition) is 7. The van der Waals surface area contributed by atoms with Crippen molar-refractivity contribution in [3.8, 4) is 5.75 Å². The third-order valence-corrected chi connectivity index (χ3v) is 5.33. The second kappa shape index (κ2) is 13.5. The first-order chi connectivity index (χ1) is 16.2. The largest absolute Gasteiger partial charge is 0.488 e. The zero-order valence-electron chi connectivity index (χ0n) is 18.8. The number of morpholine rings is 1. The quantitative estimate of drug-likeness (QED) is 0.180. The molecule has 0 aromatic heterocycles. The molecule has 0 amide bonds. The second-order valence-electron chi connectivity index (χ2n) is 7.45. The summed E-state index contributed by atoms with van der Waals surface area (Å²) in [5.41, 5.74) is 5.12. The van der Waals surface area contributed by atoms with E-state index in [-0.39, 0.29) is 5.97 Å². The average Bonchev–Trinajstić information content (AvgIpc) is 2.86. The van der Waals surface area contributed by atoms with Crippen molar-refractivity contribution in [1.29, 1.82) is 0 Å². The number of carbonyl (C=O) groups is 1. The molecule has 1 aliphatic heterocycles. The van der Waals surface area contributed by atoms with Crippen LogP contribution in [0.15, 0.2) is 53.6 Å². The molecule has 2 aromatic rings. The number of benzene rings is 2. The van der Waals surface area contributed by atoms with Crippen LogP contribution in [0.2, 0.25) is 0 Å². The van der Waals surface area contributed by atoms with E-state index in [1.54, 1.807) is 18.3 Å². The van der Waals surface area contributed by atoms with Gasteiger partial charge >= 0.3 is 5.97 Å². The summed E-state index contributed by atoms with van der Waals surface area (Å²) in [6.07, 6.45) is 2.68. The monoisotopic (exact) mass is 470 g/mol. The summed E-state index contributed by atoms with van der Waals surface area (Å²) in [6, 6.07) is 14.7. The minimum absolute atomic E-state index is 0.360. The van der Waals surface area contributed by atoms with Crippen LogP contribution in [0.1, 0.15) is 27.9 Å². The lowest BCUT2D eigenvalue weighted by Crippen LogP contribution is -2.39. The molecule has 1 saturated heterocycles. The average molecular weight is 471 g/mol. The molecular weight excluding hydrogens is 440 g/mol. The van der Waals surface area contributed by atoms with Crippen molar-refractivity contribution in [3.63, 3.8) is 0 Å². The lowest BCUT2D eigenvalue weighted by atomic mass is 10.1.